The second kappa shape index (κ2) is 7.79. The molecule has 0 radical (unpaired) electrons. The van der Waals surface area contributed by atoms with Gasteiger partial charge in [-0.15, -0.1) is 11.3 Å². The molecule has 0 saturated carbocycles. The zero-order valence-electron chi connectivity index (χ0n) is 14.3. The third-order valence-corrected chi connectivity index (χ3v) is 4.46. The van der Waals surface area contributed by atoms with E-state index in [9.17, 15) is 9.59 Å². The maximum absolute atomic E-state index is 12.0. The van der Waals surface area contributed by atoms with Crippen molar-refractivity contribution >= 4 is 34.6 Å². The number of benzene rings is 1. The van der Waals surface area contributed by atoms with E-state index < -0.39 is 5.91 Å². The molecule has 3 rings (SSSR count). The summed E-state index contributed by atoms with van der Waals surface area (Å²) < 4.78 is 5.25. The second-order valence-corrected chi connectivity index (χ2v) is 6.50. The summed E-state index contributed by atoms with van der Waals surface area (Å²) in [7, 11) is 0. The van der Waals surface area contributed by atoms with Gasteiger partial charge in [-0.05, 0) is 55.1 Å². The number of nitrogens with one attached hydrogen (secondary N) is 2. The van der Waals surface area contributed by atoms with E-state index in [1.54, 1.807) is 44.2 Å². The summed E-state index contributed by atoms with van der Waals surface area (Å²) in [5, 5.41) is 8.77. The molecule has 0 aliphatic heterocycles. The SMILES string of the molecule is CC(=NNC(=O)c1ccc(C)o1)c1ccc(NC(=O)c2cccs2)cc1. The van der Waals surface area contributed by atoms with Crippen LogP contribution in [0.3, 0.4) is 0 Å². The summed E-state index contributed by atoms with van der Waals surface area (Å²) >= 11 is 1.39. The van der Waals surface area contributed by atoms with Gasteiger partial charge in [0, 0.05) is 5.69 Å². The Hall–Kier alpha value is -3.19. The van der Waals surface area contributed by atoms with Gasteiger partial charge in [0.15, 0.2) is 5.76 Å². The number of nitrogens with zero attached hydrogens (tertiary/aromatic N) is 1. The van der Waals surface area contributed by atoms with Crippen LogP contribution in [-0.2, 0) is 0 Å². The molecule has 7 heteroatoms. The van der Waals surface area contributed by atoms with Gasteiger partial charge < -0.3 is 9.73 Å². The summed E-state index contributed by atoms with van der Waals surface area (Å²) in [6.07, 6.45) is 0. The summed E-state index contributed by atoms with van der Waals surface area (Å²) in [6, 6.07) is 14.2. The van der Waals surface area contributed by atoms with Crippen molar-refractivity contribution in [2.45, 2.75) is 13.8 Å². The monoisotopic (exact) mass is 367 g/mol. The zero-order chi connectivity index (χ0) is 18.5. The molecule has 0 aliphatic rings. The van der Waals surface area contributed by atoms with E-state index in [4.69, 9.17) is 4.42 Å². The Kier molecular flexibility index (Phi) is 5.28. The zero-order valence-corrected chi connectivity index (χ0v) is 15.1. The molecule has 2 heterocycles. The molecule has 132 valence electrons. The van der Waals surface area contributed by atoms with Crippen LogP contribution in [0.25, 0.3) is 0 Å². The van der Waals surface area contributed by atoms with E-state index in [1.807, 2.05) is 23.6 Å². The first-order valence-corrected chi connectivity index (χ1v) is 8.77. The average Bonchev–Trinajstić information content (AvgIpc) is 3.31. The maximum Gasteiger partial charge on any atom is 0.307 e. The molecular weight excluding hydrogens is 350 g/mol. The predicted octanol–water partition coefficient (Wildman–Crippen LogP) is 4.06. The molecule has 2 amide bonds. The van der Waals surface area contributed by atoms with Crippen molar-refractivity contribution in [3.8, 4) is 0 Å². The lowest BCUT2D eigenvalue weighted by Gasteiger charge is -2.06. The summed E-state index contributed by atoms with van der Waals surface area (Å²) in [6.45, 7) is 3.55. The van der Waals surface area contributed by atoms with E-state index in [0.717, 1.165) is 5.56 Å². The average molecular weight is 367 g/mol. The minimum absolute atomic E-state index is 0.140. The Morgan fingerprint density at radius 2 is 1.81 bits per heavy atom. The van der Waals surface area contributed by atoms with Crippen LogP contribution >= 0.6 is 11.3 Å². The summed E-state index contributed by atoms with van der Waals surface area (Å²) in [5.74, 6) is 0.332. The van der Waals surface area contributed by atoms with Gasteiger partial charge in [-0.2, -0.15) is 5.10 Å². The minimum atomic E-state index is -0.405. The van der Waals surface area contributed by atoms with Crippen LogP contribution in [0.2, 0.25) is 0 Å². The standard InChI is InChI=1S/C19H17N3O3S/c1-12-5-10-16(25-12)18(23)22-21-13(2)14-6-8-15(9-7-14)20-19(24)17-4-3-11-26-17/h3-11H,1-2H3,(H,20,24)(H,22,23). The molecular formula is C19H17N3O3S. The Labute approximate surface area is 154 Å². The van der Waals surface area contributed by atoms with Crippen molar-refractivity contribution in [2.75, 3.05) is 5.32 Å². The van der Waals surface area contributed by atoms with Gasteiger partial charge in [-0.1, -0.05) is 18.2 Å². The van der Waals surface area contributed by atoms with Gasteiger partial charge in [-0.3, -0.25) is 9.59 Å². The Morgan fingerprint density at radius 3 is 2.42 bits per heavy atom. The summed E-state index contributed by atoms with van der Waals surface area (Å²) in [4.78, 5) is 24.6. The molecule has 0 fully saturated rings. The lowest BCUT2D eigenvalue weighted by molar-refractivity contribution is 0.0925. The first-order valence-electron chi connectivity index (χ1n) is 7.89. The van der Waals surface area contributed by atoms with Gasteiger partial charge in [0.25, 0.3) is 5.91 Å². The number of thiophene rings is 1. The predicted molar refractivity (Wildman–Crippen MR) is 102 cm³/mol. The fraction of sp³-hybridized carbons (Fsp3) is 0.105. The quantitative estimate of drug-likeness (QED) is 0.527. The van der Waals surface area contributed by atoms with E-state index in [0.29, 0.717) is 22.0 Å². The van der Waals surface area contributed by atoms with Crippen LogP contribution < -0.4 is 10.7 Å². The lowest BCUT2D eigenvalue weighted by Crippen LogP contribution is -2.18. The fourth-order valence-corrected chi connectivity index (χ4v) is 2.82. The number of carbonyl (C=O) groups excluding carboxylic acids is 2. The number of amides is 2. The van der Waals surface area contributed by atoms with Gasteiger partial charge in [0.2, 0.25) is 0 Å². The van der Waals surface area contributed by atoms with Crippen LogP contribution in [0.15, 0.2) is 63.4 Å². The van der Waals surface area contributed by atoms with Crippen molar-refractivity contribution in [1.82, 2.24) is 5.43 Å². The molecule has 2 aromatic heterocycles. The number of carbonyl (C=O) groups is 2. The first-order chi connectivity index (χ1) is 12.5. The molecule has 0 spiro atoms. The lowest BCUT2D eigenvalue weighted by atomic mass is 10.1. The van der Waals surface area contributed by atoms with Crippen molar-refractivity contribution in [1.29, 1.82) is 0 Å². The highest BCUT2D eigenvalue weighted by molar-refractivity contribution is 7.12. The Bertz CT molecular complexity index is 941. The molecule has 0 saturated heterocycles. The van der Waals surface area contributed by atoms with Crippen LogP contribution in [0.4, 0.5) is 5.69 Å². The van der Waals surface area contributed by atoms with Crippen molar-refractivity contribution in [3.05, 3.63) is 75.9 Å². The fourth-order valence-electron chi connectivity index (χ4n) is 2.21. The summed E-state index contributed by atoms with van der Waals surface area (Å²) in [5.41, 5.74) is 4.62. The van der Waals surface area contributed by atoms with E-state index in [2.05, 4.69) is 15.8 Å². The van der Waals surface area contributed by atoms with Crippen LogP contribution in [-0.4, -0.2) is 17.5 Å². The Balaban J connectivity index is 1.62. The molecule has 3 aromatic rings. The van der Waals surface area contributed by atoms with Crippen LogP contribution in [0.5, 0.6) is 0 Å². The van der Waals surface area contributed by atoms with Gasteiger partial charge in [0.1, 0.15) is 5.76 Å². The van der Waals surface area contributed by atoms with Gasteiger partial charge in [-0.25, -0.2) is 5.43 Å². The molecule has 6 nitrogen and oxygen atoms in total. The normalized spacial score (nSPS) is 11.2. The van der Waals surface area contributed by atoms with Crippen molar-refractivity contribution in [3.63, 3.8) is 0 Å². The Morgan fingerprint density at radius 1 is 1.04 bits per heavy atom. The number of hydrazone groups is 1. The van der Waals surface area contributed by atoms with Gasteiger partial charge >= 0.3 is 5.91 Å². The van der Waals surface area contributed by atoms with Crippen molar-refractivity contribution < 1.29 is 14.0 Å². The van der Waals surface area contributed by atoms with Gasteiger partial charge in [0.05, 0.1) is 10.6 Å². The number of hydrogen-bond acceptors (Lipinski definition) is 5. The second-order valence-electron chi connectivity index (χ2n) is 5.56. The highest BCUT2D eigenvalue weighted by Gasteiger charge is 2.10. The van der Waals surface area contributed by atoms with E-state index >= 15 is 0 Å². The number of furan rings is 1. The molecule has 0 aliphatic carbocycles. The third-order valence-electron chi connectivity index (χ3n) is 3.59. The van der Waals surface area contributed by atoms with Crippen LogP contribution in [0.1, 0.15) is 38.5 Å². The molecule has 0 bridgehead atoms. The number of anilines is 1. The number of hydrogen-bond donors (Lipinski definition) is 2. The number of aryl methyl sites for hydroxylation is 1. The molecule has 0 unspecified atom stereocenters. The third kappa shape index (κ3) is 4.25. The first kappa shape index (κ1) is 17.6. The highest BCUT2D eigenvalue weighted by Crippen LogP contribution is 2.14. The largest absolute Gasteiger partial charge is 0.456 e. The smallest absolute Gasteiger partial charge is 0.307 e. The highest BCUT2D eigenvalue weighted by atomic mass is 32.1. The van der Waals surface area contributed by atoms with Crippen LogP contribution in [0, 0.1) is 6.92 Å². The van der Waals surface area contributed by atoms with E-state index in [1.165, 1.54) is 11.3 Å². The number of rotatable bonds is 5. The molecule has 0 atom stereocenters. The topological polar surface area (TPSA) is 83.7 Å². The van der Waals surface area contributed by atoms with Crippen molar-refractivity contribution in [2.24, 2.45) is 5.10 Å². The maximum atomic E-state index is 12.0. The van der Waals surface area contributed by atoms with E-state index in [-0.39, 0.29) is 11.7 Å². The molecule has 26 heavy (non-hydrogen) atoms. The molecule has 2 N–H and O–H groups in total. The molecule has 1 aromatic carbocycles. The minimum Gasteiger partial charge on any atom is -0.456 e.